The van der Waals surface area contributed by atoms with Crippen LogP contribution in [-0.2, 0) is 6.18 Å². The molecular formula is C27H26F3N3O4S. The highest BCUT2D eigenvalue weighted by atomic mass is 32.2. The van der Waals surface area contributed by atoms with E-state index in [1.165, 1.54) is 23.9 Å². The van der Waals surface area contributed by atoms with Gasteiger partial charge in [-0.2, -0.15) is 13.2 Å². The van der Waals surface area contributed by atoms with Crippen LogP contribution in [-0.4, -0.2) is 31.2 Å². The van der Waals surface area contributed by atoms with Gasteiger partial charge in [0.2, 0.25) is 5.75 Å². The maximum Gasteiger partial charge on any atom is 0.416 e. The number of halogens is 3. The van der Waals surface area contributed by atoms with Crippen LogP contribution in [0.4, 0.5) is 35.9 Å². The normalized spacial score (nSPS) is 15.3. The molecule has 200 valence electrons. The van der Waals surface area contributed by atoms with Crippen molar-refractivity contribution in [2.75, 3.05) is 35.4 Å². The number of hydrogen-bond donors (Lipinski definition) is 2. The molecule has 3 aromatic carbocycles. The predicted octanol–water partition coefficient (Wildman–Crippen LogP) is 7.11. The van der Waals surface area contributed by atoms with Crippen molar-refractivity contribution in [1.82, 2.24) is 0 Å². The first kappa shape index (κ1) is 25.9. The number of nitrogens with one attached hydrogen (secondary N) is 2. The molecule has 0 radical (unpaired) electrons. The van der Waals surface area contributed by atoms with Crippen molar-refractivity contribution in [3.8, 4) is 17.2 Å². The highest BCUT2D eigenvalue weighted by Crippen LogP contribution is 2.57. The van der Waals surface area contributed by atoms with Gasteiger partial charge in [-0.05, 0) is 57.2 Å². The molecule has 1 atom stereocenters. The van der Waals surface area contributed by atoms with Crippen LogP contribution in [0.5, 0.6) is 17.2 Å². The third-order valence-corrected chi connectivity index (χ3v) is 7.20. The van der Waals surface area contributed by atoms with Crippen molar-refractivity contribution in [2.24, 2.45) is 0 Å². The summed E-state index contributed by atoms with van der Waals surface area (Å²) in [5, 5.41) is 6.03. The number of carbonyl (C=O) groups excluding carboxylic acids is 1. The fraction of sp³-hybridized carbons (Fsp3) is 0.296. The highest BCUT2D eigenvalue weighted by molar-refractivity contribution is 8.00. The first-order valence-corrected chi connectivity index (χ1v) is 13.1. The summed E-state index contributed by atoms with van der Waals surface area (Å²) in [6.45, 7) is 6.40. The summed E-state index contributed by atoms with van der Waals surface area (Å²) in [7, 11) is 0. The van der Waals surface area contributed by atoms with E-state index in [-0.39, 0.29) is 16.7 Å². The lowest BCUT2D eigenvalue weighted by Crippen LogP contribution is -2.23. The zero-order valence-corrected chi connectivity index (χ0v) is 21.8. The first-order chi connectivity index (χ1) is 18.2. The number of benzene rings is 3. The standard InChI is InChI=1S/C27H26F3N3O4S/c1-4-35-21-11-15(12-22(36-5-2)23(21)37-6-3)25(34)31-18-13-16(27(28,29)30)14-20-24(18)38-26-32-17-9-7-8-10-19(17)33(20)26/h7-14,26,32H,4-6H2,1-3H3,(H,31,34). The molecule has 0 saturated carbocycles. The molecule has 2 aliphatic rings. The molecule has 0 saturated heterocycles. The summed E-state index contributed by atoms with van der Waals surface area (Å²) in [6.07, 6.45) is -4.60. The number of fused-ring (bicyclic) bond motifs is 5. The van der Waals surface area contributed by atoms with Crippen LogP contribution in [0.15, 0.2) is 53.4 Å². The number of nitrogens with zero attached hydrogens (tertiary/aromatic N) is 1. The molecule has 5 rings (SSSR count). The average Bonchev–Trinajstić information content (AvgIpc) is 3.42. The molecule has 38 heavy (non-hydrogen) atoms. The average molecular weight is 546 g/mol. The summed E-state index contributed by atoms with van der Waals surface area (Å²) in [5.74, 6) is 0.400. The van der Waals surface area contributed by atoms with Gasteiger partial charge in [-0.15, -0.1) is 0 Å². The van der Waals surface area contributed by atoms with Crippen LogP contribution in [0.1, 0.15) is 36.7 Å². The van der Waals surface area contributed by atoms with Gasteiger partial charge >= 0.3 is 6.18 Å². The molecule has 7 nitrogen and oxygen atoms in total. The van der Waals surface area contributed by atoms with Gasteiger partial charge in [0.25, 0.3) is 5.91 Å². The number of para-hydroxylation sites is 2. The molecule has 0 aromatic heterocycles. The van der Waals surface area contributed by atoms with Gasteiger partial charge < -0.3 is 29.7 Å². The Bertz CT molecular complexity index is 1360. The van der Waals surface area contributed by atoms with E-state index in [0.29, 0.717) is 47.7 Å². The summed E-state index contributed by atoms with van der Waals surface area (Å²) >= 11 is 1.34. The number of alkyl halides is 3. The number of hydrogen-bond acceptors (Lipinski definition) is 7. The molecule has 2 aliphatic heterocycles. The minimum absolute atomic E-state index is 0.0725. The molecule has 0 fully saturated rings. The SMILES string of the molecule is CCOc1cc(C(=O)Nc2cc(C(F)(F)F)cc3c2SC2Nc4ccccc4N32)cc(OCC)c1OCC. The van der Waals surface area contributed by atoms with Crippen LogP contribution in [0.2, 0.25) is 0 Å². The van der Waals surface area contributed by atoms with Gasteiger partial charge in [0.1, 0.15) is 0 Å². The smallest absolute Gasteiger partial charge is 0.416 e. The summed E-state index contributed by atoms with van der Waals surface area (Å²) in [4.78, 5) is 15.8. The number of ether oxygens (including phenoxy) is 3. The topological polar surface area (TPSA) is 72.1 Å². The van der Waals surface area contributed by atoms with E-state index >= 15 is 0 Å². The lowest BCUT2D eigenvalue weighted by atomic mass is 10.1. The number of amides is 1. The van der Waals surface area contributed by atoms with Crippen LogP contribution in [0.3, 0.4) is 0 Å². The number of rotatable bonds is 8. The van der Waals surface area contributed by atoms with Crippen molar-refractivity contribution in [3.05, 3.63) is 59.7 Å². The monoisotopic (exact) mass is 545 g/mol. The van der Waals surface area contributed by atoms with E-state index in [1.54, 1.807) is 13.8 Å². The van der Waals surface area contributed by atoms with Crippen molar-refractivity contribution in [3.63, 3.8) is 0 Å². The Hall–Kier alpha value is -3.73. The first-order valence-electron chi connectivity index (χ1n) is 12.2. The Morgan fingerprint density at radius 3 is 2.26 bits per heavy atom. The fourth-order valence-corrected chi connectivity index (χ4v) is 5.72. The molecular weight excluding hydrogens is 519 g/mol. The van der Waals surface area contributed by atoms with E-state index in [1.807, 2.05) is 36.1 Å². The molecule has 1 unspecified atom stereocenters. The van der Waals surface area contributed by atoms with Crippen LogP contribution >= 0.6 is 11.8 Å². The summed E-state index contributed by atoms with van der Waals surface area (Å²) < 4.78 is 58.8. The number of carbonyl (C=O) groups is 1. The van der Waals surface area contributed by atoms with Gasteiger partial charge in [-0.1, -0.05) is 23.9 Å². The molecule has 0 spiro atoms. The maximum atomic E-state index is 13.9. The third-order valence-electron chi connectivity index (χ3n) is 5.98. The lowest BCUT2D eigenvalue weighted by molar-refractivity contribution is -0.137. The van der Waals surface area contributed by atoms with Crippen molar-refractivity contribution >= 4 is 40.4 Å². The minimum atomic E-state index is -4.60. The summed E-state index contributed by atoms with van der Waals surface area (Å²) in [6, 6.07) is 12.5. The Morgan fingerprint density at radius 2 is 1.63 bits per heavy atom. The lowest BCUT2D eigenvalue weighted by Gasteiger charge is -2.20. The van der Waals surface area contributed by atoms with Crippen molar-refractivity contribution in [2.45, 2.75) is 37.3 Å². The Labute approximate surface area is 222 Å². The Kier molecular flexibility index (Phi) is 6.95. The second-order valence-electron chi connectivity index (χ2n) is 8.43. The second kappa shape index (κ2) is 10.2. The van der Waals surface area contributed by atoms with Gasteiger partial charge in [0, 0.05) is 5.56 Å². The maximum absolute atomic E-state index is 13.9. The highest BCUT2D eigenvalue weighted by Gasteiger charge is 2.42. The van der Waals surface area contributed by atoms with E-state index in [4.69, 9.17) is 14.2 Å². The molecule has 0 bridgehead atoms. The van der Waals surface area contributed by atoms with E-state index in [0.717, 1.165) is 23.5 Å². The Morgan fingerprint density at radius 1 is 0.974 bits per heavy atom. The largest absolute Gasteiger partial charge is 0.490 e. The van der Waals surface area contributed by atoms with Crippen LogP contribution < -0.4 is 29.7 Å². The van der Waals surface area contributed by atoms with Crippen LogP contribution in [0.25, 0.3) is 0 Å². The fourth-order valence-electron chi connectivity index (χ4n) is 4.47. The van der Waals surface area contributed by atoms with Crippen molar-refractivity contribution in [1.29, 1.82) is 0 Å². The second-order valence-corrected chi connectivity index (χ2v) is 9.52. The van der Waals surface area contributed by atoms with Crippen LogP contribution in [0, 0.1) is 0 Å². The van der Waals surface area contributed by atoms with E-state index in [2.05, 4.69) is 10.6 Å². The van der Waals surface area contributed by atoms with Gasteiger partial charge in [0.15, 0.2) is 17.0 Å². The van der Waals surface area contributed by atoms with E-state index in [9.17, 15) is 18.0 Å². The molecule has 0 aliphatic carbocycles. The molecule has 11 heteroatoms. The zero-order chi connectivity index (χ0) is 27.0. The van der Waals surface area contributed by atoms with Gasteiger partial charge in [-0.3, -0.25) is 4.79 Å². The third kappa shape index (κ3) is 4.66. The molecule has 2 N–H and O–H groups in total. The number of anilines is 4. The molecule has 1 amide bonds. The summed E-state index contributed by atoms with van der Waals surface area (Å²) in [5.41, 5.74) is 1.03. The van der Waals surface area contributed by atoms with E-state index < -0.39 is 17.6 Å². The zero-order valence-electron chi connectivity index (χ0n) is 20.9. The molecule has 3 aromatic rings. The number of thioether (sulfide) groups is 1. The Balaban J connectivity index is 1.55. The van der Waals surface area contributed by atoms with Crippen molar-refractivity contribution < 1.29 is 32.2 Å². The quantitative estimate of drug-likeness (QED) is 0.313. The van der Waals surface area contributed by atoms with Gasteiger partial charge in [-0.25, -0.2) is 0 Å². The molecule has 2 heterocycles. The minimum Gasteiger partial charge on any atom is -0.490 e. The predicted molar refractivity (Wildman–Crippen MR) is 141 cm³/mol. The van der Waals surface area contributed by atoms with Gasteiger partial charge in [0.05, 0.1) is 53.0 Å².